The molecule has 1 rings (SSSR count). The topological polar surface area (TPSA) is 9.23 Å². The van der Waals surface area contributed by atoms with Gasteiger partial charge in [0.1, 0.15) is 0 Å². The molecule has 0 aromatic carbocycles. The average Bonchev–Trinajstić information content (AvgIpc) is 1.77. The first-order valence-electron chi connectivity index (χ1n) is 2.76. The van der Waals surface area contributed by atoms with E-state index in [1.54, 1.807) is 0 Å². The van der Waals surface area contributed by atoms with Crippen molar-refractivity contribution in [2.45, 2.75) is 22.7 Å². The van der Waals surface area contributed by atoms with Gasteiger partial charge in [-0.2, -0.15) is 0 Å². The molecule has 0 aliphatic carbocycles. The summed E-state index contributed by atoms with van der Waals surface area (Å²) in [4.78, 5) is 0. The molecular weight excluding hydrogens is 182 g/mol. The highest BCUT2D eigenvalue weighted by Gasteiger charge is 2.36. The highest BCUT2D eigenvalue weighted by Crippen LogP contribution is 2.37. The first-order valence-corrected chi connectivity index (χ1v) is 3.96. The Morgan fingerprint density at radius 1 is 1.44 bits per heavy atom. The molecule has 0 saturated carbocycles. The molecule has 1 aliphatic heterocycles. The summed E-state index contributed by atoms with van der Waals surface area (Å²) in [6.07, 6.45) is 1.60. The molecule has 1 fully saturated rings. The van der Waals surface area contributed by atoms with E-state index in [1.807, 2.05) is 0 Å². The molecule has 54 valence electrons. The number of ether oxygens (including phenoxy) is 1. The normalized spacial score (nSPS) is 34.3. The van der Waals surface area contributed by atoms with Gasteiger partial charge in [0, 0.05) is 6.61 Å². The van der Waals surface area contributed by atoms with Crippen molar-refractivity contribution >= 4 is 34.8 Å². The molecule has 1 saturated heterocycles. The van der Waals surface area contributed by atoms with E-state index < -0.39 is 9.90 Å². The van der Waals surface area contributed by atoms with Gasteiger partial charge in [-0.1, -0.05) is 34.8 Å². The smallest absolute Gasteiger partial charge is 0.163 e. The summed E-state index contributed by atoms with van der Waals surface area (Å²) in [5.74, 6) is 0. The zero-order valence-corrected chi connectivity index (χ0v) is 7.01. The van der Waals surface area contributed by atoms with E-state index in [0.29, 0.717) is 13.0 Å². The van der Waals surface area contributed by atoms with Crippen molar-refractivity contribution in [1.29, 1.82) is 0 Å². The molecule has 4 heteroatoms. The second-order valence-corrected chi connectivity index (χ2v) is 3.99. The number of alkyl halides is 3. The van der Waals surface area contributed by atoms with Gasteiger partial charge in [-0.05, 0) is 12.8 Å². The quantitative estimate of drug-likeness (QED) is 0.532. The zero-order valence-electron chi connectivity index (χ0n) is 4.74. The standard InChI is InChI=1S/C5H7Cl3O/c6-4-5(7,8)2-1-3-9-4/h4H,1-3H2. The highest BCUT2D eigenvalue weighted by atomic mass is 35.5. The van der Waals surface area contributed by atoms with Gasteiger partial charge in [0.2, 0.25) is 0 Å². The van der Waals surface area contributed by atoms with Crippen molar-refractivity contribution in [3.8, 4) is 0 Å². The Balaban J connectivity index is 2.49. The molecule has 1 aliphatic rings. The van der Waals surface area contributed by atoms with Crippen LogP contribution in [0.5, 0.6) is 0 Å². The molecule has 1 nitrogen and oxygen atoms in total. The van der Waals surface area contributed by atoms with Gasteiger partial charge < -0.3 is 4.74 Å². The number of hydrogen-bond acceptors (Lipinski definition) is 1. The van der Waals surface area contributed by atoms with Crippen LogP contribution in [-0.4, -0.2) is 16.5 Å². The fourth-order valence-electron chi connectivity index (χ4n) is 0.730. The van der Waals surface area contributed by atoms with Crippen LogP contribution < -0.4 is 0 Å². The summed E-state index contributed by atoms with van der Waals surface area (Å²) in [7, 11) is 0. The van der Waals surface area contributed by atoms with Gasteiger partial charge in [-0.3, -0.25) is 0 Å². The van der Waals surface area contributed by atoms with Gasteiger partial charge in [0.05, 0.1) is 0 Å². The second-order valence-electron chi connectivity index (χ2n) is 2.05. The maximum Gasteiger partial charge on any atom is 0.163 e. The van der Waals surface area contributed by atoms with E-state index in [-0.39, 0.29) is 0 Å². The van der Waals surface area contributed by atoms with Crippen LogP contribution in [0.25, 0.3) is 0 Å². The van der Waals surface area contributed by atoms with E-state index in [1.165, 1.54) is 0 Å². The Hall–Kier alpha value is 0.830. The SMILES string of the molecule is ClC1OCCCC1(Cl)Cl. The molecule has 0 N–H and O–H groups in total. The lowest BCUT2D eigenvalue weighted by molar-refractivity contribution is 0.0606. The fourth-order valence-corrected chi connectivity index (χ4v) is 1.32. The molecular formula is C5H7Cl3O. The summed E-state index contributed by atoms with van der Waals surface area (Å²) < 4.78 is 4.12. The van der Waals surface area contributed by atoms with Crippen molar-refractivity contribution in [3.05, 3.63) is 0 Å². The lowest BCUT2D eigenvalue weighted by Gasteiger charge is -2.29. The lowest BCUT2D eigenvalue weighted by atomic mass is 10.2. The Morgan fingerprint density at radius 3 is 2.44 bits per heavy atom. The van der Waals surface area contributed by atoms with Crippen LogP contribution in [0.1, 0.15) is 12.8 Å². The third kappa shape index (κ3) is 1.87. The fraction of sp³-hybridized carbons (Fsp3) is 1.00. The number of rotatable bonds is 0. The molecule has 0 spiro atoms. The van der Waals surface area contributed by atoms with E-state index in [2.05, 4.69) is 0 Å². The predicted octanol–water partition coefficient (Wildman–Crippen LogP) is 2.54. The van der Waals surface area contributed by atoms with Crippen LogP contribution in [0.3, 0.4) is 0 Å². The van der Waals surface area contributed by atoms with Crippen molar-refractivity contribution in [2.24, 2.45) is 0 Å². The highest BCUT2D eigenvalue weighted by molar-refractivity contribution is 6.52. The maximum atomic E-state index is 5.73. The first-order chi connectivity index (χ1) is 4.13. The van der Waals surface area contributed by atoms with Gasteiger partial charge in [-0.25, -0.2) is 0 Å². The van der Waals surface area contributed by atoms with E-state index in [4.69, 9.17) is 39.5 Å². The Bertz CT molecular complexity index is 104. The molecule has 0 aromatic heterocycles. The van der Waals surface area contributed by atoms with E-state index >= 15 is 0 Å². The van der Waals surface area contributed by atoms with E-state index in [0.717, 1.165) is 6.42 Å². The number of hydrogen-bond donors (Lipinski definition) is 0. The van der Waals surface area contributed by atoms with Crippen LogP contribution >= 0.6 is 34.8 Å². The van der Waals surface area contributed by atoms with Gasteiger partial charge in [0.25, 0.3) is 0 Å². The zero-order chi connectivity index (χ0) is 6.91. The molecule has 1 unspecified atom stereocenters. The minimum absolute atomic E-state index is 0.547. The first kappa shape index (κ1) is 7.93. The van der Waals surface area contributed by atoms with Crippen molar-refractivity contribution < 1.29 is 4.74 Å². The van der Waals surface area contributed by atoms with Crippen molar-refractivity contribution in [2.75, 3.05) is 6.61 Å². The summed E-state index contributed by atoms with van der Waals surface area (Å²) in [5.41, 5.74) is -0.547. The molecule has 9 heavy (non-hydrogen) atoms. The summed E-state index contributed by atoms with van der Waals surface area (Å²) >= 11 is 17.1. The van der Waals surface area contributed by atoms with Crippen LogP contribution in [0, 0.1) is 0 Å². The summed E-state index contributed by atoms with van der Waals surface area (Å²) in [5, 5.41) is 0. The monoisotopic (exact) mass is 188 g/mol. The third-order valence-corrected chi connectivity index (χ3v) is 2.75. The Morgan fingerprint density at radius 2 is 2.11 bits per heavy atom. The molecule has 1 atom stereocenters. The van der Waals surface area contributed by atoms with Crippen LogP contribution in [0.2, 0.25) is 0 Å². The molecule has 1 heterocycles. The summed E-state index contributed by atoms with van der Waals surface area (Å²) in [6, 6.07) is 0. The predicted molar refractivity (Wildman–Crippen MR) is 39.3 cm³/mol. The molecule has 0 aromatic rings. The number of halogens is 3. The minimum Gasteiger partial charge on any atom is -0.359 e. The van der Waals surface area contributed by atoms with Crippen LogP contribution in [-0.2, 0) is 4.74 Å². The minimum atomic E-state index is -0.875. The average molecular weight is 189 g/mol. The molecule has 0 amide bonds. The largest absolute Gasteiger partial charge is 0.359 e. The Labute approximate surface area is 69.2 Å². The van der Waals surface area contributed by atoms with Gasteiger partial charge >= 0.3 is 0 Å². The Kier molecular flexibility index (Phi) is 2.49. The maximum absolute atomic E-state index is 5.73. The van der Waals surface area contributed by atoms with Gasteiger partial charge in [-0.15, -0.1) is 0 Å². The lowest BCUT2D eigenvalue weighted by Crippen LogP contribution is -2.33. The molecule has 0 bridgehead atoms. The van der Waals surface area contributed by atoms with Crippen LogP contribution in [0.15, 0.2) is 0 Å². The molecule has 0 radical (unpaired) electrons. The van der Waals surface area contributed by atoms with Crippen LogP contribution in [0.4, 0.5) is 0 Å². The van der Waals surface area contributed by atoms with Crippen molar-refractivity contribution in [1.82, 2.24) is 0 Å². The van der Waals surface area contributed by atoms with Crippen molar-refractivity contribution in [3.63, 3.8) is 0 Å². The summed E-state index contributed by atoms with van der Waals surface area (Å²) in [6.45, 7) is 0.662. The van der Waals surface area contributed by atoms with Gasteiger partial charge in [0.15, 0.2) is 9.90 Å². The second kappa shape index (κ2) is 2.83. The third-order valence-electron chi connectivity index (χ3n) is 1.25. The van der Waals surface area contributed by atoms with E-state index in [9.17, 15) is 0 Å².